The summed E-state index contributed by atoms with van der Waals surface area (Å²) in [5, 5.41) is 6.35. The van der Waals surface area contributed by atoms with Crippen molar-refractivity contribution in [1.82, 2.24) is 10.2 Å². The standard InChI is InChI=1S/C15H24ClN3O/c1-11(2)9-14(19(3)4)10-17-15(20)18-13-7-5-12(16)6-8-13/h5-8,11,14H,9-10H2,1-4H3,(H2,17,18,20)/t14-/m1/s1. The van der Waals surface area contributed by atoms with E-state index in [0.717, 1.165) is 12.1 Å². The van der Waals surface area contributed by atoms with Crippen LogP contribution in [0.15, 0.2) is 24.3 Å². The molecule has 0 unspecified atom stereocenters. The van der Waals surface area contributed by atoms with Crippen LogP contribution in [0.2, 0.25) is 5.02 Å². The Kier molecular flexibility index (Phi) is 6.82. The molecule has 1 atom stereocenters. The highest BCUT2D eigenvalue weighted by atomic mass is 35.5. The Bertz CT molecular complexity index is 418. The van der Waals surface area contributed by atoms with E-state index in [2.05, 4.69) is 29.4 Å². The van der Waals surface area contributed by atoms with Crippen LogP contribution < -0.4 is 10.6 Å². The molecule has 0 radical (unpaired) electrons. The monoisotopic (exact) mass is 297 g/mol. The van der Waals surface area contributed by atoms with E-state index in [-0.39, 0.29) is 6.03 Å². The van der Waals surface area contributed by atoms with Crippen molar-refractivity contribution in [2.75, 3.05) is 26.0 Å². The summed E-state index contributed by atoms with van der Waals surface area (Å²) in [4.78, 5) is 14.0. The van der Waals surface area contributed by atoms with E-state index in [4.69, 9.17) is 11.6 Å². The van der Waals surface area contributed by atoms with Gasteiger partial charge in [-0.1, -0.05) is 25.4 Å². The summed E-state index contributed by atoms with van der Waals surface area (Å²) in [6, 6.07) is 7.20. The fourth-order valence-corrected chi connectivity index (χ4v) is 2.07. The van der Waals surface area contributed by atoms with Gasteiger partial charge in [0.25, 0.3) is 0 Å². The molecule has 5 heteroatoms. The number of hydrogen-bond acceptors (Lipinski definition) is 2. The van der Waals surface area contributed by atoms with Crippen molar-refractivity contribution in [2.45, 2.75) is 26.3 Å². The Labute approximate surface area is 126 Å². The first-order chi connectivity index (χ1) is 9.38. The molecule has 0 bridgehead atoms. The van der Waals surface area contributed by atoms with Crippen LogP contribution in [0.1, 0.15) is 20.3 Å². The maximum atomic E-state index is 11.8. The lowest BCUT2D eigenvalue weighted by atomic mass is 10.0. The zero-order valence-electron chi connectivity index (χ0n) is 12.6. The SMILES string of the molecule is CC(C)C[C@H](CNC(=O)Nc1ccc(Cl)cc1)N(C)C. The highest BCUT2D eigenvalue weighted by molar-refractivity contribution is 6.30. The molecule has 2 amide bonds. The molecule has 1 rings (SSSR count). The summed E-state index contributed by atoms with van der Waals surface area (Å²) >= 11 is 5.80. The van der Waals surface area contributed by atoms with Crippen LogP contribution in [0.25, 0.3) is 0 Å². The van der Waals surface area contributed by atoms with Crippen molar-refractivity contribution in [3.63, 3.8) is 0 Å². The van der Waals surface area contributed by atoms with Gasteiger partial charge in [-0.2, -0.15) is 0 Å². The van der Waals surface area contributed by atoms with Gasteiger partial charge >= 0.3 is 6.03 Å². The van der Waals surface area contributed by atoms with E-state index < -0.39 is 0 Å². The molecule has 2 N–H and O–H groups in total. The van der Waals surface area contributed by atoms with Crippen LogP contribution >= 0.6 is 11.6 Å². The topological polar surface area (TPSA) is 44.4 Å². The molecular formula is C15H24ClN3O. The van der Waals surface area contributed by atoms with E-state index in [1.54, 1.807) is 24.3 Å². The lowest BCUT2D eigenvalue weighted by molar-refractivity contribution is 0.231. The van der Waals surface area contributed by atoms with Crippen molar-refractivity contribution in [1.29, 1.82) is 0 Å². The van der Waals surface area contributed by atoms with E-state index in [9.17, 15) is 4.79 Å². The highest BCUT2D eigenvalue weighted by Gasteiger charge is 2.14. The van der Waals surface area contributed by atoms with Crippen LogP contribution in [-0.2, 0) is 0 Å². The number of hydrogen-bond donors (Lipinski definition) is 2. The van der Waals surface area contributed by atoms with Crippen LogP contribution in [0, 0.1) is 5.92 Å². The number of anilines is 1. The van der Waals surface area contributed by atoms with Crippen LogP contribution in [0.4, 0.5) is 10.5 Å². The fourth-order valence-electron chi connectivity index (χ4n) is 1.94. The van der Waals surface area contributed by atoms with Crippen molar-refractivity contribution >= 4 is 23.3 Å². The molecule has 0 saturated heterocycles. The molecule has 1 aromatic rings. The Hall–Kier alpha value is -1.26. The van der Waals surface area contributed by atoms with Gasteiger partial charge in [-0.25, -0.2) is 4.79 Å². The van der Waals surface area contributed by atoms with Gasteiger partial charge in [-0.3, -0.25) is 0 Å². The predicted molar refractivity (Wildman–Crippen MR) is 85.4 cm³/mol. The van der Waals surface area contributed by atoms with E-state index >= 15 is 0 Å². The second kappa shape index (κ2) is 8.12. The molecule has 0 aromatic heterocycles. The van der Waals surface area contributed by atoms with Gasteiger partial charge in [0.2, 0.25) is 0 Å². The van der Waals surface area contributed by atoms with Crippen molar-refractivity contribution in [3.05, 3.63) is 29.3 Å². The lowest BCUT2D eigenvalue weighted by Gasteiger charge is -2.26. The minimum atomic E-state index is -0.192. The molecule has 0 heterocycles. The fraction of sp³-hybridized carbons (Fsp3) is 0.533. The van der Waals surface area contributed by atoms with E-state index in [1.165, 1.54) is 0 Å². The quantitative estimate of drug-likeness (QED) is 0.845. The van der Waals surface area contributed by atoms with Gasteiger partial charge in [0.1, 0.15) is 0 Å². The number of nitrogens with one attached hydrogen (secondary N) is 2. The highest BCUT2D eigenvalue weighted by Crippen LogP contribution is 2.13. The van der Waals surface area contributed by atoms with Crippen LogP contribution in [0.3, 0.4) is 0 Å². The third kappa shape index (κ3) is 6.26. The van der Waals surface area contributed by atoms with Gasteiger partial charge in [0.15, 0.2) is 0 Å². The summed E-state index contributed by atoms with van der Waals surface area (Å²) in [7, 11) is 4.07. The predicted octanol–water partition coefficient (Wildman–Crippen LogP) is 3.44. The molecular weight excluding hydrogens is 274 g/mol. The second-order valence-electron chi connectivity index (χ2n) is 5.59. The molecule has 0 fully saturated rings. The van der Waals surface area contributed by atoms with Gasteiger partial charge in [-0.05, 0) is 50.7 Å². The Morgan fingerprint density at radius 2 is 1.85 bits per heavy atom. The zero-order valence-corrected chi connectivity index (χ0v) is 13.4. The van der Waals surface area contributed by atoms with E-state index in [1.807, 2.05) is 14.1 Å². The van der Waals surface area contributed by atoms with Crippen molar-refractivity contribution in [3.8, 4) is 0 Å². The van der Waals surface area contributed by atoms with Gasteiger partial charge < -0.3 is 15.5 Å². The Balaban J connectivity index is 2.43. The largest absolute Gasteiger partial charge is 0.336 e. The molecule has 4 nitrogen and oxygen atoms in total. The molecule has 0 aliphatic carbocycles. The average molecular weight is 298 g/mol. The number of carbonyl (C=O) groups is 1. The molecule has 0 spiro atoms. The number of rotatable bonds is 6. The average Bonchev–Trinajstić information content (AvgIpc) is 2.36. The number of urea groups is 1. The summed E-state index contributed by atoms with van der Waals surface area (Å²) in [6.07, 6.45) is 1.05. The van der Waals surface area contributed by atoms with Crippen LogP contribution in [-0.4, -0.2) is 37.6 Å². The molecule has 0 aliphatic rings. The lowest BCUT2D eigenvalue weighted by Crippen LogP contribution is -2.42. The number of amides is 2. The summed E-state index contributed by atoms with van der Waals surface area (Å²) in [6.45, 7) is 5.00. The third-order valence-electron chi connectivity index (χ3n) is 3.07. The minimum Gasteiger partial charge on any atom is -0.336 e. The summed E-state index contributed by atoms with van der Waals surface area (Å²) < 4.78 is 0. The minimum absolute atomic E-state index is 0.192. The normalized spacial score (nSPS) is 12.6. The molecule has 20 heavy (non-hydrogen) atoms. The summed E-state index contributed by atoms with van der Waals surface area (Å²) in [5.74, 6) is 0.600. The first-order valence-electron chi connectivity index (χ1n) is 6.85. The second-order valence-corrected chi connectivity index (χ2v) is 6.03. The molecule has 1 aromatic carbocycles. The van der Waals surface area contributed by atoms with Gasteiger partial charge in [0.05, 0.1) is 0 Å². The molecule has 112 valence electrons. The first-order valence-corrected chi connectivity index (χ1v) is 7.23. The first kappa shape index (κ1) is 16.8. The maximum absolute atomic E-state index is 11.8. The zero-order chi connectivity index (χ0) is 15.1. The number of halogens is 1. The molecule has 0 aliphatic heterocycles. The number of benzene rings is 1. The molecule has 0 saturated carbocycles. The maximum Gasteiger partial charge on any atom is 0.319 e. The Morgan fingerprint density at radius 1 is 1.25 bits per heavy atom. The number of carbonyl (C=O) groups excluding carboxylic acids is 1. The number of likely N-dealkylation sites (N-methyl/N-ethyl adjacent to an activating group) is 1. The Morgan fingerprint density at radius 3 is 2.35 bits per heavy atom. The van der Waals surface area contributed by atoms with Crippen molar-refractivity contribution in [2.24, 2.45) is 5.92 Å². The van der Waals surface area contributed by atoms with Gasteiger partial charge in [-0.15, -0.1) is 0 Å². The number of nitrogens with zero attached hydrogens (tertiary/aromatic N) is 1. The summed E-state index contributed by atoms with van der Waals surface area (Å²) in [5.41, 5.74) is 0.733. The smallest absolute Gasteiger partial charge is 0.319 e. The van der Waals surface area contributed by atoms with Crippen molar-refractivity contribution < 1.29 is 4.79 Å². The van der Waals surface area contributed by atoms with Crippen LogP contribution in [0.5, 0.6) is 0 Å². The van der Waals surface area contributed by atoms with Gasteiger partial charge in [0, 0.05) is 23.3 Å². The van der Waals surface area contributed by atoms with E-state index in [0.29, 0.717) is 23.5 Å². The third-order valence-corrected chi connectivity index (χ3v) is 3.33.